The van der Waals surface area contributed by atoms with Crippen LogP contribution in [0.3, 0.4) is 0 Å². The highest BCUT2D eigenvalue weighted by molar-refractivity contribution is 7.89. The van der Waals surface area contributed by atoms with Gasteiger partial charge in [0.05, 0.1) is 10.0 Å². The van der Waals surface area contributed by atoms with Crippen LogP contribution < -0.4 is 5.73 Å². The van der Waals surface area contributed by atoms with Crippen molar-refractivity contribution in [2.45, 2.75) is 31.2 Å². The summed E-state index contributed by atoms with van der Waals surface area (Å²) in [7, 11) is -3.89. The summed E-state index contributed by atoms with van der Waals surface area (Å²) in [5.74, 6) is -0.676. The number of sulfonamides is 1. The molecule has 0 aliphatic carbocycles. The van der Waals surface area contributed by atoms with E-state index in [9.17, 15) is 12.8 Å². The van der Waals surface area contributed by atoms with E-state index < -0.39 is 15.8 Å². The lowest BCUT2D eigenvalue weighted by molar-refractivity contribution is 0.155. The lowest BCUT2D eigenvalue weighted by Crippen LogP contribution is -2.53. The van der Waals surface area contributed by atoms with Crippen molar-refractivity contribution in [3.05, 3.63) is 28.0 Å². The van der Waals surface area contributed by atoms with Gasteiger partial charge in [-0.25, -0.2) is 12.8 Å². The molecule has 1 aromatic carbocycles. The zero-order chi connectivity index (χ0) is 16.0. The fraction of sp³-hybridized carbons (Fsp3) is 0.538. The first-order chi connectivity index (χ1) is 9.55. The number of hydrogen-bond acceptors (Lipinski definition) is 3. The maximum absolute atomic E-state index is 13.2. The van der Waals surface area contributed by atoms with E-state index in [2.05, 4.69) is 0 Å². The molecule has 1 aliphatic rings. The number of piperidine rings is 1. The van der Waals surface area contributed by atoms with Crippen molar-refractivity contribution in [1.29, 1.82) is 0 Å². The summed E-state index contributed by atoms with van der Waals surface area (Å²) in [6, 6.07) is 1.81. The summed E-state index contributed by atoms with van der Waals surface area (Å²) >= 11 is 11.8. The lowest BCUT2D eigenvalue weighted by Gasteiger charge is -2.41. The van der Waals surface area contributed by atoms with E-state index in [-0.39, 0.29) is 51.9 Å². The Hall–Kier alpha value is -0.110. The van der Waals surface area contributed by atoms with Crippen molar-refractivity contribution in [1.82, 2.24) is 4.31 Å². The van der Waals surface area contributed by atoms with Gasteiger partial charge in [0, 0.05) is 19.1 Å². The van der Waals surface area contributed by atoms with E-state index in [1.807, 2.05) is 13.8 Å². The van der Waals surface area contributed by atoms with E-state index in [0.29, 0.717) is 6.42 Å². The Labute approximate surface area is 146 Å². The summed E-state index contributed by atoms with van der Waals surface area (Å²) in [5.41, 5.74) is 5.66. The third-order valence-corrected chi connectivity index (χ3v) is 6.61. The molecule has 4 nitrogen and oxygen atoms in total. The highest BCUT2D eigenvalue weighted by Gasteiger charge is 2.40. The van der Waals surface area contributed by atoms with Gasteiger partial charge in [0.25, 0.3) is 0 Å². The Bertz CT molecular complexity index is 644. The molecule has 0 radical (unpaired) electrons. The monoisotopic (exact) mass is 390 g/mol. The van der Waals surface area contributed by atoms with Crippen LogP contribution in [-0.4, -0.2) is 31.9 Å². The van der Waals surface area contributed by atoms with Crippen molar-refractivity contribution >= 4 is 45.6 Å². The number of halogens is 4. The Kier molecular flexibility index (Phi) is 6.15. The fourth-order valence-electron chi connectivity index (χ4n) is 2.43. The van der Waals surface area contributed by atoms with E-state index >= 15 is 0 Å². The zero-order valence-corrected chi connectivity index (χ0v) is 15.3. The summed E-state index contributed by atoms with van der Waals surface area (Å²) in [6.45, 7) is 4.37. The van der Waals surface area contributed by atoms with Gasteiger partial charge in [-0.15, -0.1) is 12.4 Å². The highest BCUT2D eigenvalue weighted by Crippen LogP contribution is 2.36. The van der Waals surface area contributed by atoms with Crippen molar-refractivity contribution in [3.63, 3.8) is 0 Å². The molecule has 0 saturated carbocycles. The van der Waals surface area contributed by atoms with Gasteiger partial charge in [-0.05, 0) is 24.0 Å². The standard InChI is InChI=1S/C13H17Cl2FN2O2S.ClH/c1-13(2)7-18(4-3-11(13)17)21(19,20)12-9(14)5-8(16)6-10(12)15;/h5-6,11H,3-4,7,17H2,1-2H3;1H. The van der Waals surface area contributed by atoms with Gasteiger partial charge in [0.2, 0.25) is 10.0 Å². The first-order valence-electron chi connectivity index (χ1n) is 6.46. The first-order valence-corrected chi connectivity index (χ1v) is 8.65. The SMILES string of the molecule is CC1(C)CN(S(=O)(=O)c2c(Cl)cc(F)cc2Cl)CCC1N.Cl. The normalized spacial score (nSPS) is 22.2. The molecule has 0 spiro atoms. The van der Waals surface area contributed by atoms with Gasteiger partial charge >= 0.3 is 0 Å². The van der Waals surface area contributed by atoms with E-state index in [0.717, 1.165) is 12.1 Å². The van der Waals surface area contributed by atoms with Crippen LogP contribution in [0.25, 0.3) is 0 Å². The Morgan fingerprint density at radius 3 is 2.27 bits per heavy atom. The van der Waals surface area contributed by atoms with E-state index in [1.54, 1.807) is 0 Å². The minimum atomic E-state index is -3.89. The van der Waals surface area contributed by atoms with Gasteiger partial charge in [-0.3, -0.25) is 0 Å². The second-order valence-corrected chi connectivity index (χ2v) is 8.61. The highest BCUT2D eigenvalue weighted by atomic mass is 35.5. The third kappa shape index (κ3) is 3.68. The van der Waals surface area contributed by atoms with Crippen LogP contribution in [-0.2, 0) is 10.0 Å². The average molecular weight is 392 g/mol. The van der Waals surface area contributed by atoms with E-state index in [1.165, 1.54) is 4.31 Å². The van der Waals surface area contributed by atoms with Crippen LogP contribution in [0.2, 0.25) is 10.0 Å². The smallest absolute Gasteiger partial charge is 0.246 e. The molecule has 1 aromatic rings. The molecule has 1 saturated heterocycles. The molecule has 22 heavy (non-hydrogen) atoms. The number of nitrogens with zero attached hydrogens (tertiary/aromatic N) is 1. The molecule has 1 atom stereocenters. The Morgan fingerprint density at radius 1 is 1.32 bits per heavy atom. The summed E-state index contributed by atoms with van der Waals surface area (Å²) in [5, 5.41) is -0.430. The number of hydrogen-bond donors (Lipinski definition) is 1. The van der Waals surface area contributed by atoms with Crippen molar-refractivity contribution in [3.8, 4) is 0 Å². The molecule has 9 heteroatoms. The molecule has 1 aliphatic heterocycles. The van der Waals surface area contributed by atoms with Crippen molar-refractivity contribution < 1.29 is 12.8 Å². The number of rotatable bonds is 2. The second-order valence-electron chi connectivity index (χ2n) is 5.92. The van der Waals surface area contributed by atoms with Gasteiger partial charge < -0.3 is 5.73 Å². The molecule has 1 fully saturated rings. The summed E-state index contributed by atoms with van der Waals surface area (Å²) in [6.07, 6.45) is 0.544. The van der Waals surface area contributed by atoms with Crippen LogP contribution >= 0.6 is 35.6 Å². The Balaban J connectivity index is 0.00000242. The zero-order valence-electron chi connectivity index (χ0n) is 12.1. The van der Waals surface area contributed by atoms with Gasteiger partial charge in [0.15, 0.2) is 0 Å². The molecule has 0 aromatic heterocycles. The van der Waals surface area contributed by atoms with E-state index in [4.69, 9.17) is 28.9 Å². The molecule has 0 amide bonds. The molecule has 1 heterocycles. The number of benzene rings is 1. The maximum Gasteiger partial charge on any atom is 0.246 e. The van der Waals surface area contributed by atoms with Crippen LogP contribution in [0.4, 0.5) is 4.39 Å². The predicted octanol–water partition coefficient (Wildman–Crippen LogP) is 3.30. The molecule has 0 bridgehead atoms. The lowest BCUT2D eigenvalue weighted by atomic mass is 9.81. The second kappa shape index (κ2) is 6.79. The largest absolute Gasteiger partial charge is 0.327 e. The maximum atomic E-state index is 13.2. The van der Waals surface area contributed by atoms with Crippen LogP contribution in [0.5, 0.6) is 0 Å². The van der Waals surface area contributed by atoms with Crippen molar-refractivity contribution in [2.75, 3.05) is 13.1 Å². The molecular weight excluding hydrogens is 374 g/mol. The topological polar surface area (TPSA) is 63.4 Å². The Morgan fingerprint density at radius 2 is 1.82 bits per heavy atom. The summed E-state index contributed by atoms with van der Waals surface area (Å²) in [4.78, 5) is -0.251. The molecule has 2 N–H and O–H groups in total. The molecular formula is C13H18Cl3FN2O2S. The number of nitrogens with two attached hydrogens (primary N) is 1. The van der Waals surface area contributed by atoms with Crippen LogP contribution in [0.1, 0.15) is 20.3 Å². The molecule has 126 valence electrons. The predicted molar refractivity (Wildman–Crippen MR) is 88.8 cm³/mol. The third-order valence-electron chi connectivity index (χ3n) is 3.84. The first kappa shape index (κ1) is 19.9. The van der Waals surface area contributed by atoms with Crippen LogP contribution in [0.15, 0.2) is 17.0 Å². The fourth-order valence-corrected chi connectivity index (χ4v) is 5.20. The summed E-state index contributed by atoms with van der Waals surface area (Å²) < 4.78 is 40.0. The minimum Gasteiger partial charge on any atom is -0.327 e. The van der Waals surface area contributed by atoms with Gasteiger partial charge in [-0.1, -0.05) is 37.0 Å². The van der Waals surface area contributed by atoms with Gasteiger partial charge in [0.1, 0.15) is 10.7 Å². The van der Waals surface area contributed by atoms with Crippen molar-refractivity contribution in [2.24, 2.45) is 11.1 Å². The van der Waals surface area contributed by atoms with Crippen LogP contribution in [0, 0.1) is 11.2 Å². The molecule has 2 rings (SSSR count). The van der Waals surface area contributed by atoms with Gasteiger partial charge in [-0.2, -0.15) is 4.31 Å². The minimum absolute atomic E-state index is 0. The average Bonchev–Trinajstić information content (AvgIpc) is 2.30. The quantitative estimate of drug-likeness (QED) is 0.841. The molecule has 1 unspecified atom stereocenters.